The Balaban J connectivity index is 1.62. The van der Waals surface area contributed by atoms with Crippen molar-refractivity contribution in [2.45, 2.75) is 52.9 Å². The number of carbonyl (C=O) groups is 1. The maximum Gasteiger partial charge on any atom is 0.223 e. The summed E-state index contributed by atoms with van der Waals surface area (Å²) in [5.74, 6) is 3.55. The Kier molecular flexibility index (Phi) is 6.28. The van der Waals surface area contributed by atoms with Crippen LogP contribution in [-0.2, 0) is 35.6 Å². The first-order valence-corrected chi connectivity index (χ1v) is 9.49. The number of hydrogen-bond acceptors (Lipinski definition) is 6. The van der Waals surface area contributed by atoms with Crippen LogP contribution in [0.5, 0.6) is 0 Å². The lowest BCUT2D eigenvalue weighted by molar-refractivity contribution is -0.124. The van der Waals surface area contributed by atoms with Gasteiger partial charge in [0.1, 0.15) is 24.0 Å². The molecule has 0 aliphatic carbocycles. The first-order valence-electron chi connectivity index (χ1n) is 9.49. The summed E-state index contributed by atoms with van der Waals surface area (Å²) in [6, 6.07) is 3.81. The lowest BCUT2D eigenvalue weighted by Crippen LogP contribution is -2.32. The number of rotatable bonds is 7. The van der Waals surface area contributed by atoms with E-state index in [1.54, 1.807) is 7.11 Å². The molecular weight excluding hydrogens is 346 g/mol. The molecule has 0 saturated carbocycles. The Morgan fingerprint density at radius 1 is 1.22 bits per heavy atom. The van der Waals surface area contributed by atoms with Gasteiger partial charge >= 0.3 is 0 Å². The van der Waals surface area contributed by atoms with Crippen molar-refractivity contribution >= 4 is 5.91 Å². The molecule has 8 heteroatoms. The van der Waals surface area contributed by atoms with Gasteiger partial charge in [-0.1, -0.05) is 13.8 Å². The largest absolute Gasteiger partial charge is 0.462 e. The van der Waals surface area contributed by atoms with Crippen molar-refractivity contribution < 1.29 is 13.9 Å². The minimum absolute atomic E-state index is 0.0276. The average molecular weight is 375 g/mol. The third-order valence-corrected chi connectivity index (χ3v) is 4.80. The Morgan fingerprint density at radius 2 is 2.00 bits per heavy atom. The van der Waals surface area contributed by atoms with Gasteiger partial charge in [-0.25, -0.2) is 0 Å². The molecule has 0 radical (unpaired) electrons. The number of furan rings is 1. The zero-order valence-electron chi connectivity index (χ0n) is 16.6. The van der Waals surface area contributed by atoms with Crippen molar-refractivity contribution in [2.24, 2.45) is 5.92 Å². The fourth-order valence-corrected chi connectivity index (χ4v) is 3.26. The highest BCUT2D eigenvalue weighted by Gasteiger charge is 2.23. The first-order chi connectivity index (χ1) is 13.0. The third kappa shape index (κ3) is 4.75. The van der Waals surface area contributed by atoms with E-state index in [4.69, 9.17) is 9.15 Å². The van der Waals surface area contributed by atoms with Crippen molar-refractivity contribution in [2.75, 3.05) is 20.2 Å². The molecule has 1 aliphatic rings. The molecule has 0 bridgehead atoms. The number of aromatic nitrogens is 3. The van der Waals surface area contributed by atoms with Gasteiger partial charge in [-0.15, -0.1) is 10.2 Å². The average Bonchev–Trinajstić information content (AvgIpc) is 3.19. The van der Waals surface area contributed by atoms with Gasteiger partial charge < -0.3 is 19.0 Å². The monoisotopic (exact) mass is 375 g/mol. The van der Waals surface area contributed by atoms with E-state index in [-0.39, 0.29) is 17.9 Å². The molecule has 0 fully saturated rings. The standard InChI is InChI=1S/C19H29N5O3/c1-13(2)19(25)20-14(3)18-22-21-17-7-8-23(9-10-24(17)18)11-15-5-6-16(27-15)12-26-4/h5-6,13-14H,7-12H2,1-4H3,(H,20,25)/t14-/m0/s1. The summed E-state index contributed by atoms with van der Waals surface area (Å²) in [5.41, 5.74) is 0. The van der Waals surface area contributed by atoms with Gasteiger partial charge in [-0.2, -0.15) is 0 Å². The molecule has 3 heterocycles. The van der Waals surface area contributed by atoms with Crippen molar-refractivity contribution in [3.8, 4) is 0 Å². The van der Waals surface area contributed by atoms with Crippen molar-refractivity contribution in [3.63, 3.8) is 0 Å². The second kappa shape index (κ2) is 8.67. The molecule has 148 valence electrons. The fourth-order valence-electron chi connectivity index (χ4n) is 3.26. The van der Waals surface area contributed by atoms with E-state index < -0.39 is 0 Å². The molecule has 0 aromatic carbocycles. The van der Waals surface area contributed by atoms with E-state index in [0.717, 1.165) is 55.8 Å². The van der Waals surface area contributed by atoms with E-state index in [1.165, 1.54) is 0 Å². The minimum atomic E-state index is -0.158. The van der Waals surface area contributed by atoms with Gasteiger partial charge in [0.2, 0.25) is 5.91 Å². The van der Waals surface area contributed by atoms with Crippen LogP contribution in [0, 0.1) is 5.92 Å². The zero-order valence-corrected chi connectivity index (χ0v) is 16.6. The maximum absolute atomic E-state index is 12.0. The summed E-state index contributed by atoms with van der Waals surface area (Å²) in [6.07, 6.45) is 0.823. The molecular formula is C19H29N5O3. The van der Waals surface area contributed by atoms with E-state index >= 15 is 0 Å². The molecule has 1 aliphatic heterocycles. The first kappa shape index (κ1) is 19.6. The van der Waals surface area contributed by atoms with Crippen LogP contribution in [0.15, 0.2) is 16.5 Å². The Labute approximate surface area is 159 Å². The van der Waals surface area contributed by atoms with Gasteiger partial charge in [0.25, 0.3) is 0 Å². The molecule has 1 amide bonds. The summed E-state index contributed by atoms with van der Waals surface area (Å²) in [7, 11) is 1.66. The lowest BCUT2D eigenvalue weighted by Gasteiger charge is -2.19. The highest BCUT2D eigenvalue weighted by molar-refractivity contribution is 5.78. The molecule has 8 nitrogen and oxygen atoms in total. The number of methoxy groups -OCH3 is 1. The zero-order chi connectivity index (χ0) is 19.4. The SMILES string of the molecule is COCc1ccc(CN2CCc3nnc([C@H](C)NC(=O)C(C)C)n3CC2)o1. The Morgan fingerprint density at radius 3 is 2.74 bits per heavy atom. The van der Waals surface area contributed by atoms with Crippen LogP contribution in [0.2, 0.25) is 0 Å². The van der Waals surface area contributed by atoms with Crippen molar-refractivity contribution in [3.05, 3.63) is 35.3 Å². The quantitative estimate of drug-likeness (QED) is 0.796. The highest BCUT2D eigenvalue weighted by atomic mass is 16.5. The summed E-state index contributed by atoms with van der Waals surface area (Å²) in [5, 5.41) is 11.7. The van der Waals surface area contributed by atoms with Crippen LogP contribution in [0.3, 0.4) is 0 Å². The summed E-state index contributed by atoms with van der Waals surface area (Å²) in [4.78, 5) is 14.3. The number of nitrogens with one attached hydrogen (secondary N) is 1. The van der Waals surface area contributed by atoms with E-state index in [1.807, 2.05) is 32.9 Å². The van der Waals surface area contributed by atoms with Crippen LogP contribution in [0.25, 0.3) is 0 Å². The molecule has 2 aromatic rings. The van der Waals surface area contributed by atoms with Crippen molar-refractivity contribution in [1.29, 1.82) is 0 Å². The number of fused-ring (bicyclic) bond motifs is 1. The molecule has 3 rings (SSSR count). The summed E-state index contributed by atoms with van der Waals surface area (Å²) < 4.78 is 13.1. The highest BCUT2D eigenvalue weighted by Crippen LogP contribution is 2.18. The van der Waals surface area contributed by atoms with E-state index in [9.17, 15) is 4.79 Å². The molecule has 27 heavy (non-hydrogen) atoms. The van der Waals surface area contributed by atoms with E-state index in [2.05, 4.69) is 25.0 Å². The second-order valence-corrected chi connectivity index (χ2v) is 7.34. The van der Waals surface area contributed by atoms with Crippen LogP contribution >= 0.6 is 0 Å². The van der Waals surface area contributed by atoms with Crippen LogP contribution < -0.4 is 5.32 Å². The molecule has 0 unspecified atom stereocenters. The molecule has 1 N–H and O–H groups in total. The van der Waals surface area contributed by atoms with Crippen LogP contribution in [0.4, 0.5) is 0 Å². The fraction of sp³-hybridized carbons (Fsp3) is 0.632. The second-order valence-electron chi connectivity index (χ2n) is 7.34. The molecule has 1 atom stereocenters. The number of nitrogens with zero attached hydrogens (tertiary/aromatic N) is 4. The summed E-state index contributed by atoms with van der Waals surface area (Å²) >= 11 is 0. The molecule has 0 saturated heterocycles. The Hall–Kier alpha value is -2.19. The van der Waals surface area contributed by atoms with Gasteiger partial charge in [-0.3, -0.25) is 9.69 Å². The normalized spacial score (nSPS) is 16.2. The van der Waals surface area contributed by atoms with Crippen molar-refractivity contribution in [1.82, 2.24) is 25.0 Å². The predicted molar refractivity (Wildman–Crippen MR) is 99.8 cm³/mol. The Bertz CT molecular complexity index is 767. The molecule has 2 aromatic heterocycles. The smallest absolute Gasteiger partial charge is 0.223 e. The maximum atomic E-state index is 12.0. The number of carbonyl (C=O) groups excluding carboxylic acids is 1. The predicted octanol–water partition coefficient (Wildman–Crippen LogP) is 1.91. The van der Waals surface area contributed by atoms with Gasteiger partial charge in [-0.05, 0) is 19.1 Å². The van der Waals surface area contributed by atoms with Gasteiger partial charge in [0.05, 0.1) is 12.6 Å². The number of amides is 1. The minimum Gasteiger partial charge on any atom is -0.462 e. The number of ether oxygens (including phenoxy) is 1. The van der Waals surface area contributed by atoms with E-state index in [0.29, 0.717) is 6.61 Å². The number of hydrogen-bond donors (Lipinski definition) is 1. The third-order valence-electron chi connectivity index (χ3n) is 4.80. The van der Waals surface area contributed by atoms with Gasteiger partial charge in [0.15, 0.2) is 5.82 Å². The lowest BCUT2D eigenvalue weighted by atomic mass is 10.2. The van der Waals surface area contributed by atoms with Crippen LogP contribution in [-0.4, -0.2) is 45.8 Å². The van der Waals surface area contributed by atoms with Gasteiger partial charge in [0, 0.05) is 39.1 Å². The topological polar surface area (TPSA) is 85.4 Å². The molecule has 0 spiro atoms. The summed E-state index contributed by atoms with van der Waals surface area (Å²) in [6.45, 7) is 9.55. The van der Waals surface area contributed by atoms with Crippen LogP contribution in [0.1, 0.15) is 50.0 Å².